The number of nitrogens with zero attached hydrogens (tertiary/aromatic N) is 2. The molecule has 28 heavy (non-hydrogen) atoms. The van der Waals surface area contributed by atoms with Gasteiger partial charge >= 0.3 is 0 Å². The van der Waals surface area contributed by atoms with Gasteiger partial charge in [0.1, 0.15) is 11.5 Å². The fourth-order valence-corrected chi connectivity index (χ4v) is 4.63. The summed E-state index contributed by atoms with van der Waals surface area (Å²) in [7, 11) is 0. The number of aromatic nitrogens is 2. The van der Waals surface area contributed by atoms with Crippen LogP contribution in [-0.4, -0.2) is 31.3 Å². The highest BCUT2D eigenvalue weighted by Crippen LogP contribution is 2.32. The molecular weight excluding hydrogens is 376 g/mol. The van der Waals surface area contributed by atoms with E-state index < -0.39 is 0 Å². The number of carbonyl (C=O) groups excluding carboxylic acids is 1. The van der Waals surface area contributed by atoms with E-state index in [0.29, 0.717) is 16.1 Å². The van der Waals surface area contributed by atoms with Crippen LogP contribution < -0.4 is 5.56 Å². The molecule has 0 saturated heterocycles. The third kappa shape index (κ3) is 3.49. The molecule has 1 aliphatic carbocycles. The Labute approximate surface area is 165 Å². The van der Waals surface area contributed by atoms with Gasteiger partial charge in [-0.15, -0.1) is 0 Å². The minimum absolute atomic E-state index is 0.0375. The zero-order valence-corrected chi connectivity index (χ0v) is 16.0. The van der Waals surface area contributed by atoms with Gasteiger partial charge in [0.15, 0.2) is 10.9 Å². The molecule has 1 fully saturated rings. The molecule has 1 aromatic heterocycles. The summed E-state index contributed by atoms with van der Waals surface area (Å²) >= 11 is 1.21. The Morgan fingerprint density at radius 3 is 2.64 bits per heavy atom. The van der Waals surface area contributed by atoms with Crippen LogP contribution in [0.15, 0.2) is 52.4 Å². The maximum atomic E-state index is 13.1. The number of fused-ring (bicyclic) bond motifs is 1. The molecule has 0 unspecified atom stereocenters. The fraction of sp³-hybridized carbons (Fsp3) is 0.286. The number of phenolic OH excluding ortho intramolecular Hbond substituents is 2. The molecule has 0 amide bonds. The number of ketones is 1. The Morgan fingerprint density at radius 1 is 1.14 bits per heavy atom. The molecule has 144 valence electrons. The Kier molecular flexibility index (Phi) is 5.09. The lowest BCUT2D eigenvalue weighted by Crippen LogP contribution is -2.26. The first kappa shape index (κ1) is 18.6. The average molecular weight is 396 g/mol. The summed E-state index contributed by atoms with van der Waals surface area (Å²) in [6, 6.07) is 11.2. The second-order valence-corrected chi connectivity index (χ2v) is 7.88. The predicted molar refractivity (Wildman–Crippen MR) is 108 cm³/mol. The van der Waals surface area contributed by atoms with Gasteiger partial charge < -0.3 is 10.2 Å². The first-order valence-corrected chi connectivity index (χ1v) is 10.2. The SMILES string of the molecule is O=C(CSc1nc2ccccc2c(=O)n1C1CCCC1)c1ccc(O)cc1O. The van der Waals surface area contributed by atoms with Crippen molar-refractivity contribution in [3.05, 3.63) is 58.4 Å². The number of hydrogen-bond acceptors (Lipinski definition) is 6. The molecule has 1 heterocycles. The van der Waals surface area contributed by atoms with Crippen molar-refractivity contribution in [2.75, 3.05) is 5.75 Å². The third-order valence-electron chi connectivity index (χ3n) is 5.08. The molecule has 4 rings (SSSR count). The highest BCUT2D eigenvalue weighted by molar-refractivity contribution is 7.99. The predicted octanol–water partition coefficient (Wildman–Crippen LogP) is 3.90. The quantitative estimate of drug-likeness (QED) is 0.386. The second kappa shape index (κ2) is 7.67. The van der Waals surface area contributed by atoms with E-state index in [1.54, 1.807) is 16.7 Å². The van der Waals surface area contributed by atoms with E-state index >= 15 is 0 Å². The number of para-hydroxylation sites is 1. The van der Waals surface area contributed by atoms with E-state index in [4.69, 9.17) is 0 Å². The van der Waals surface area contributed by atoms with Crippen molar-refractivity contribution < 1.29 is 15.0 Å². The minimum atomic E-state index is -0.289. The summed E-state index contributed by atoms with van der Waals surface area (Å²) < 4.78 is 1.74. The molecule has 0 spiro atoms. The average Bonchev–Trinajstić information content (AvgIpc) is 3.20. The largest absolute Gasteiger partial charge is 0.508 e. The molecule has 0 aliphatic heterocycles. The van der Waals surface area contributed by atoms with Crippen LogP contribution >= 0.6 is 11.8 Å². The Balaban J connectivity index is 1.68. The molecule has 7 heteroatoms. The number of hydrogen-bond donors (Lipinski definition) is 2. The molecule has 3 aromatic rings. The summed E-state index contributed by atoms with van der Waals surface area (Å²) in [4.78, 5) is 30.3. The van der Waals surface area contributed by atoms with Crippen LogP contribution in [0, 0.1) is 0 Å². The third-order valence-corrected chi connectivity index (χ3v) is 6.03. The zero-order chi connectivity index (χ0) is 19.7. The van der Waals surface area contributed by atoms with Crippen LogP contribution in [0.5, 0.6) is 11.5 Å². The van der Waals surface area contributed by atoms with Crippen LogP contribution in [0.3, 0.4) is 0 Å². The van der Waals surface area contributed by atoms with E-state index in [9.17, 15) is 19.8 Å². The van der Waals surface area contributed by atoms with E-state index in [2.05, 4.69) is 4.98 Å². The number of Topliss-reactive ketones (excluding diaryl/α,β-unsaturated/α-hetero) is 1. The van der Waals surface area contributed by atoms with Crippen molar-refractivity contribution in [2.45, 2.75) is 36.9 Å². The Hall–Kier alpha value is -2.80. The van der Waals surface area contributed by atoms with Crippen LogP contribution in [0.25, 0.3) is 10.9 Å². The Morgan fingerprint density at radius 2 is 1.89 bits per heavy atom. The van der Waals surface area contributed by atoms with Crippen molar-refractivity contribution in [2.24, 2.45) is 0 Å². The van der Waals surface area contributed by atoms with E-state index in [1.807, 2.05) is 12.1 Å². The molecule has 2 N–H and O–H groups in total. The summed E-state index contributed by atoms with van der Waals surface area (Å²) in [6.45, 7) is 0. The van der Waals surface area contributed by atoms with Crippen molar-refractivity contribution in [3.63, 3.8) is 0 Å². The van der Waals surface area contributed by atoms with Crippen LogP contribution in [0.1, 0.15) is 42.1 Å². The number of phenols is 2. The lowest BCUT2D eigenvalue weighted by molar-refractivity contribution is 0.102. The number of aromatic hydroxyl groups is 2. The minimum Gasteiger partial charge on any atom is -0.508 e. The van der Waals surface area contributed by atoms with Crippen molar-refractivity contribution in [1.29, 1.82) is 0 Å². The van der Waals surface area contributed by atoms with Crippen LogP contribution in [-0.2, 0) is 0 Å². The van der Waals surface area contributed by atoms with Gasteiger partial charge in [0.25, 0.3) is 5.56 Å². The summed E-state index contributed by atoms with van der Waals surface area (Å²) in [6.07, 6.45) is 4.02. The molecule has 0 bridgehead atoms. The van der Waals surface area contributed by atoms with Gasteiger partial charge in [0, 0.05) is 12.1 Å². The monoisotopic (exact) mass is 396 g/mol. The highest BCUT2D eigenvalue weighted by atomic mass is 32.2. The standard InChI is InChI=1S/C21H20N2O4S/c24-14-9-10-16(18(25)11-14)19(26)12-28-21-22-17-8-4-3-7-15(17)20(27)23(21)13-5-1-2-6-13/h3-4,7-11,13,24-25H,1-2,5-6,12H2. The molecule has 1 saturated carbocycles. The van der Waals surface area contributed by atoms with Gasteiger partial charge in [-0.1, -0.05) is 36.7 Å². The normalized spacial score (nSPS) is 14.6. The molecule has 2 aromatic carbocycles. The molecule has 0 atom stereocenters. The van der Waals surface area contributed by atoms with Crippen LogP contribution in [0.4, 0.5) is 0 Å². The van der Waals surface area contributed by atoms with Crippen LogP contribution in [0.2, 0.25) is 0 Å². The van der Waals surface area contributed by atoms with Gasteiger partial charge in [0.2, 0.25) is 0 Å². The molecular formula is C21H20N2O4S. The second-order valence-electron chi connectivity index (χ2n) is 6.94. The van der Waals surface area contributed by atoms with Gasteiger partial charge in [-0.2, -0.15) is 0 Å². The molecule has 1 aliphatic rings. The fourth-order valence-electron chi connectivity index (χ4n) is 3.68. The van der Waals surface area contributed by atoms with E-state index in [-0.39, 0.29) is 40.2 Å². The highest BCUT2D eigenvalue weighted by Gasteiger charge is 2.24. The number of rotatable bonds is 5. The van der Waals surface area contributed by atoms with Crippen molar-refractivity contribution >= 4 is 28.4 Å². The van der Waals surface area contributed by atoms with E-state index in [1.165, 1.54) is 23.9 Å². The van der Waals surface area contributed by atoms with Gasteiger partial charge in [0.05, 0.1) is 22.2 Å². The summed E-state index contributed by atoms with van der Waals surface area (Å²) in [5.74, 6) is -0.614. The molecule has 6 nitrogen and oxygen atoms in total. The maximum absolute atomic E-state index is 13.1. The number of thioether (sulfide) groups is 1. The van der Waals surface area contributed by atoms with Crippen molar-refractivity contribution in [3.8, 4) is 11.5 Å². The summed E-state index contributed by atoms with van der Waals surface area (Å²) in [5, 5.41) is 20.4. The smallest absolute Gasteiger partial charge is 0.262 e. The van der Waals surface area contributed by atoms with E-state index in [0.717, 1.165) is 31.7 Å². The first-order chi connectivity index (χ1) is 13.5. The molecule has 0 radical (unpaired) electrons. The van der Waals surface area contributed by atoms with Gasteiger partial charge in [-0.05, 0) is 37.1 Å². The number of carbonyl (C=O) groups is 1. The summed E-state index contributed by atoms with van der Waals surface area (Å²) in [5.41, 5.74) is 0.685. The van der Waals surface area contributed by atoms with Gasteiger partial charge in [-0.25, -0.2) is 4.98 Å². The number of benzene rings is 2. The zero-order valence-electron chi connectivity index (χ0n) is 15.2. The topological polar surface area (TPSA) is 92.4 Å². The Bertz CT molecular complexity index is 1100. The maximum Gasteiger partial charge on any atom is 0.262 e. The van der Waals surface area contributed by atoms with Crippen molar-refractivity contribution in [1.82, 2.24) is 9.55 Å². The lowest BCUT2D eigenvalue weighted by Gasteiger charge is -2.18. The first-order valence-electron chi connectivity index (χ1n) is 9.24. The van der Waals surface area contributed by atoms with Gasteiger partial charge in [-0.3, -0.25) is 14.2 Å². The lowest BCUT2D eigenvalue weighted by atomic mass is 10.1.